The van der Waals surface area contributed by atoms with Gasteiger partial charge in [0.25, 0.3) is 0 Å². The lowest BCUT2D eigenvalue weighted by Gasteiger charge is -2.33. The fourth-order valence-corrected chi connectivity index (χ4v) is 4.37. The zero-order valence-corrected chi connectivity index (χ0v) is 17.7. The van der Waals surface area contributed by atoms with Crippen LogP contribution in [0.2, 0.25) is 0 Å². The Morgan fingerprint density at radius 1 is 1.20 bits per heavy atom. The Hall–Kier alpha value is -2.67. The molecule has 0 bridgehead atoms. The second-order valence-corrected chi connectivity index (χ2v) is 8.29. The molecular weight excluding hydrogens is 378 g/mol. The molecule has 1 fully saturated rings. The summed E-state index contributed by atoms with van der Waals surface area (Å²) >= 11 is 0. The summed E-state index contributed by atoms with van der Waals surface area (Å²) in [5.74, 6) is 0.549. The number of rotatable bonds is 7. The van der Waals surface area contributed by atoms with E-state index < -0.39 is 0 Å². The average molecular weight is 410 g/mol. The number of aryl methyl sites for hydroxylation is 1. The Balaban J connectivity index is 1.32. The van der Waals surface area contributed by atoms with Crippen molar-refractivity contribution in [3.8, 4) is 11.3 Å². The van der Waals surface area contributed by atoms with Crippen LogP contribution in [0.1, 0.15) is 39.0 Å². The predicted molar refractivity (Wildman–Crippen MR) is 117 cm³/mol. The lowest BCUT2D eigenvalue weighted by Crippen LogP contribution is -2.45. The third kappa shape index (κ3) is 4.73. The molecule has 7 nitrogen and oxygen atoms in total. The van der Waals surface area contributed by atoms with Gasteiger partial charge in [-0.2, -0.15) is 5.10 Å². The van der Waals surface area contributed by atoms with Gasteiger partial charge in [-0.3, -0.25) is 14.5 Å². The first-order chi connectivity index (χ1) is 14.6. The average Bonchev–Trinajstić information content (AvgIpc) is 3.20. The van der Waals surface area contributed by atoms with E-state index in [-0.39, 0.29) is 18.4 Å². The van der Waals surface area contributed by atoms with Crippen LogP contribution in [0.5, 0.6) is 0 Å². The van der Waals surface area contributed by atoms with Gasteiger partial charge >= 0.3 is 0 Å². The maximum Gasteiger partial charge on any atom is 0.240 e. The fourth-order valence-electron chi connectivity index (χ4n) is 4.37. The van der Waals surface area contributed by atoms with Crippen LogP contribution in [0.15, 0.2) is 36.4 Å². The van der Waals surface area contributed by atoms with Crippen molar-refractivity contribution in [2.24, 2.45) is 0 Å². The summed E-state index contributed by atoms with van der Waals surface area (Å²) in [5, 5.41) is 7.62. The maximum absolute atomic E-state index is 12.5. The number of fused-ring (bicyclic) bond motifs is 1. The molecule has 0 saturated carbocycles. The van der Waals surface area contributed by atoms with Gasteiger partial charge < -0.3 is 10.2 Å². The molecule has 1 aromatic carbocycles. The van der Waals surface area contributed by atoms with E-state index >= 15 is 0 Å². The van der Waals surface area contributed by atoms with E-state index in [1.165, 1.54) is 19.3 Å². The van der Waals surface area contributed by atoms with Gasteiger partial charge in [0, 0.05) is 37.2 Å². The van der Waals surface area contributed by atoms with E-state index in [1.54, 1.807) is 4.90 Å². The minimum atomic E-state index is -0.119. The smallest absolute Gasteiger partial charge is 0.240 e. The molecule has 0 radical (unpaired) electrons. The molecule has 160 valence electrons. The van der Waals surface area contributed by atoms with E-state index in [0.717, 1.165) is 30.8 Å². The van der Waals surface area contributed by atoms with E-state index in [4.69, 9.17) is 0 Å². The zero-order chi connectivity index (χ0) is 20.9. The standard InChI is InChI=1S/C23H31N5O2/c1-18-8-5-6-13-26(18)14-7-12-24-21(29)17-27-22-16-20(19-9-3-2-4-10-19)25-28(22)15-11-23(27)30/h2-4,9-10,16,18H,5-8,11-15,17H2,1H3,(H,24,29). The van der Waals surface area contributed by atoms with Crippen molar-refractivity contribution in [3.63, 3.8) is 0 Å². The zero-order valence-electron chi connectivity index (χ0n) is 17.7. The van der Waals surface area contributed by atoms with E-state index in [9.17, 15) is 9.59 Å². The molecule has 0 aliphatic carbocycles. The van der Waals surface area contributed by atoms with E-state index in [1.807, 2.05) is 41.1 Å². The summed E-state index contributed by atoms with van der Waals surface area (Å²) in [6.45, 7) is 5.68. The van der Waals surface area contributed by atoms with Crippen LogP contribution in [-0.4, -0.2) is 58.7 Å². The van der Waals surface area contributed by atoms with Crippen LogP contribution in [0.3, 0.4) is 0 Å². The second-order valence-electron chi connectivity index (χ2n) is 8.29. The first-order valence-corrected chi connectivity index (χ1v) is 11.1. The van der Waals surface area contributed by atoms with Gasteiger partial charge in [-0.1, -0.05) is 36.8 Å². The lowest BCUT2D eigenvalue weighted by molar-refractivity contribution is -0.124. The number of nitrogens with one attached hydrogen (secondary N) is 1. The van der Waals surface area contributed by atoms with Gasteiger partial charge in [0.2, 0.25) is 11.8 Å². The molecule has 2 aromatic rings. The Bertz CT molecular complexity index is 879. The molecule has 2 aliphatic rings. The van der Waals surface area contributed by atoms with E-state index in [0.29, 0.717) is 31.4 Å². The molecule has 2 amide bonds. The number of nitrogens with zero attached hydrogens (tertiary/aromatic N) is 4. The highest BCUT2D eigenvalue weighted by molar-refractivity contribution is 5.99. The van der Waals surface area contributed by atoms with E-state index in [2.05, 4.69) is 22.2 Å². The molecule has 1 unspecified atom stereocenters. The topological polar surface area (TPSA) is 70.5 Å². The second kappa shape index (κ2) is 9.43. The highest BCUT2D eigenvalue weighted by Crippen LogP contribution is 2.27. The molecule has 2 aliphatic heterocycles. The maximum atomic E-state index is 12.5. The molecule has 7 heteroatoms. The third-order valence-electron chi connectivity index (χ3n) is 6.13. The van der Waals surface area contributed by atoms with Crippen molar-refractivity contribution in [1.29, 1.82) is 0 Å². The van der Waals surface area contributed by atoms with Gasteiger partial charge in [0.05, 0.1) is 12.2 Å². The molecule has 1 atom stereocenters. The number of amides is 2. The number of likely N-dealkylation sites (tertiary alicyclic amines) is 1. The van der Waals surface area contributed by atoms with Crippen molar-refractivity contribution >= 4 is 17.6 Å². The molecular formula is C23H31N5O2. The van der Waals surface area contributed by atoms with Gasteiger partial charge in [0.1, 0.15) is 12.4 Å². The fraction of sp³-hybridized carbons (Fsp3) is 0.522. The largest absolute Gasteiger partial charge is 0.354 e. The van der Waals surface area contributed by atoms with Crippen molar-refractivity contribution < 1.29 is 9.59 Å². The number of hydrogen-bond donors (Lipinski definition) is 1. The van der Waals surface area contributed by atoms with Crippen molar-refractivity contribution in [1.82, 2.24) is 20.0 Å². The normalized spacial score (nSPS) is 19.6. The molecule has 1 saturated heterocycles. The van der Waals surface area contributed by atoms with Crippen LogP contribution in [0.25, 0.3) is 11.3 Å². The monoisotopic (exact) mass is 409 g/mol. The SMILES string of the molecule is CC1CCCCN1CCCNC(=O)CN1C(=O)CCn2nc(-c3ccccc3)cc21. The molecule has 0 spiro atoms. The lowest BCUT2D eigenvalue weighted by atomic mass is 10.0. The van der Waals surface area contributed by atoms with Crippen LogP contribution >= 0.6 is 0 Å². The number of piperidine rings is 1. The highest BCUT2D eigenvalue weighted by Gasteiger charge is 2.28. The van der Waals surface area contributed by atoms with Crippen LogP contribution < -0.4 is 10.2 Å². The van der Waals surface area contributed by atoms with Crippen molar-refractivity contribution in [3.05, 3.63) is 36.4 Å². The minimum Gasteiger partial charge on any atom is -0.354 e. The summed E-state index contributed by atoms with van der Waals surface area (Å²) < 4.78 is 1.83. The Morgan fingerprint density at radius 3 is 2.83 bits per heavy atom. The Kier molecular flexibility index (Phi) is 6.47. The summed E-state index contributed by atoms with van der Waals surface area (Å²) in [7, 11) is 0. The Labute approximate surface area is 178 Å². The van der Waals surface area contributed by atoms with Gasteiger partial charge in [-0.25, -0.2) is 4.68 Å². The van der Waals surface area contributed by atoms with Gasteiger partial charge in [-0.15, -0.1) is 0 Å². The van der Waals surface area contributed by atoms with Crippen LogP contribution in [0, 0.1) is 0 Å². The Morgan fingerprint density at radius 2 is 2.03 bits per heavy atom. The molecule has 4 rings (SSSR count). The molecule has 1 N–H and O–H groups in total. The number of hydrogen-bond acceptors (Lipinski definition) is 4. The number of aromatic nitrogens is 2. The first-order valence-electron chi connectivity index (χ1n) is 11.1. The summed E-state index contributed by atoms with van der Waals surface area (Å²) in [4.78, 5) is 29.1. The number of benzene rings is 1. The third-order valence-corrected chi connectivity index (χ3v) is 6.13. The molecule has 1 aromatic heterocycles. The summed E-state index contributed by atoms with van der Waals surface area (Å²) in [5.41, 5.74) is 1.82. The minimum absolute atomic E-state index is 0.0284. The highest BCUT2D eigenvalue weighted by atomic mass is 16.2. The van der Waals surface area contributed by atoms with Crippen molar-refractivity contribution in [2.75, 3.05) is 31.1 Å². The number of carbonyl (C=O) groups excluding carboxylic acids is 2. The number of anilines is 1. The van der Waals surface area contributed by atoms with Crippen LogP contribution in [-0.2, 0) is 16.1 Å². The quantitative estimate of drug-likeness (QED) is 0.714. The molecule has 30 heavy (non-hydrogen) atoms. The predicted octanol–water partition coefficient (Wildman–Crippen LogP) is 2.67. The van der Waals surface area contributed by atoms with Gasteiger partial charge in [-0.05, 0) is 32.7 Å². The van der Waals surface area contributed by atoms with Crippen LogP contribution in [0.4, 0.5) is 5.82 Å². The van der Waals surface area contributed by atoms with Gasteiger partial charge in [0.15, 0.2) is 0 Å². The molecule has 3 heterocycles. The van der Waals surface area contributed by atoms with Crippen molar-refractivity contribution in [2.45, 2.75) is 51.6 Å². The summed E-state index contributed by atoms with van der Waals surface area (Å²) in [6.07, 6.45) is 5.15. The first kappa shape index (κ1) is 20.6. The number of carbonyl (C=O) groups is 2. The summed E-state index contributed by atoms with van der Waals surface area (Å²) in [6, 6.07) is 12.4.